The Morgan fingerprint density at radius 2 is 1.89 bits per heavy atom. The summed E-state index contributed by atoms with van der Waals surface area (Å²) in [4.78, 5) is 10.9. The predicted molar refractivity (Wildman–Crippen MR) is 76.6 cm³/mol. The van der Waals surface area contributed by atoms with E-state index in [1.807, 2.05) is 24.3 Å². The van der Waals surface area contributed by atoms with Crippen molar-refractivity contribution in [2.75, 3.05) is 25.6 Å². The summed E-state index contributed by atoms with van der Waals surface area (Å²) in [6.45, 7) is 3.14. The van der Waals surface area contributed by atoms with Gasteiger partial charge in [0.05, 0.1) is 7.11 Å². The van der Waals surface area contributed by atoms with Crippen LogP contribution in [0.15, 0.2) is 24.3 Å². The molecule has 0 radical (unpaired) electrons. The van der Waals surface area contributed by atoms with Crippen molar-refractivity contribution in [2.24, 2.45) is 0 Å². The molecule has 0 heterocycles. The molecule has 0 saturated heterocycles. The van der Waals surface area contributed by atoms with Crippen LogP contribution in [0, 0.1) is 0 Å². The van der Waals surface area contributed by atoms with E-state index in [1.165, 1.54) is 32.8 Å². The van der Waals surface area contributed by atoms with Gasteiger partial charge in [-0.3, -0.25) is 0 Å². The Morgan fingerprint density at radius 1 is 1.16 bits per heavy atom. The maximum absolute atomic E-state index is 10.9. The molecule has 0 saturated carbocycles. The molecular formula is C15H23NO3. The van der Waals surface area contributed by atoms with Crippen LogP contribution in [0.5, 0.6) is 5.75 Å². The summed E-state index contributed by atoms with van der Waals surface area (Å²) < 4.78 is 9.77. The van der Waals surface area contributed by atoms with E-state index in [0.717, 1.165) is 12.2 Å². The van der Waals surface area contributed by atoms with Gasteiger partial charge in [-0.05, 0) is 30.7 Å². The van der Waals surface area contributed by atoms with Crippen molar-refractivity contribution >= 4 is 11.7 Å². The molecule has 1 aromatic rings. The molecule has 19 heavy (non-hydrogen) atoms. The number of carbonyl (C=O) groups is 1. The smallest absolute Gasteiger partial charge is 0.343 e. The molecule has 0 fully saturated rings. The maximum Gasteiger partial charge on any atom is 0.343 e. The number of benzene rings is 1. The number of hydrogen-bond donors (Lipinski definition) is 1. The Labute approximate surface area is 115 Å². The van der Waals surface area contributed by atoms with E-state index in [-0.39, 0.29) is 12.6 Å². The highest BCUT2D eigenvalue weighted by Gasteiger charge is 2.01. The maximum atomic E-state index is 10.9. The quantitative estimate of drug-likeness (QED) is 0.550. The molecule has 4 heteroatoms. The number of anilines is 1. The Balaban J connectivity index is 2.25. The molecule has 0 aliphatic heterocycles. The van der Waals surface area contributed by atoms with Crippen LogP contribution in [0.3, 0.4) is 0 Å². The number of esters is 1. The highest BCUT2D eigenvalue weighted by molar-refractivity contribution is 5.70. The topological polar surface area (TPSA) is 47.6 Å². The molecule has 0 unspecified atom stereocenters. The number of unbranched alkanes of at least 4 members (excludes halogenated alkanes) is 3. The summed E-state index contributed by atoms with van der Waals surface area (Å²) >= 11 is 0. The minimum Gasteiger partial charge on any atom is -0.482 e. The lowest BCUT2D eigenvalue weighted by molar-refractivity contribution is -0.142. The molecule has 0 bridgehead atoms. The number of rotatable bonds is 9. The third-order valence-electron chi connectivity index (χ3n) is 2.80. The summed E-state index contributed by atoms with van der Waals surface area (Å²) in [6, 6.07) is 7.59. The summed E-state index contributed by atoms with van der Waals surface area (Å²) in [5, 5.41) is 3.36. The van der Waals surface area contributed by atoms with E-state index in [4.69, 9.17) is 4.74 Å². The SMILES string of the molecule is CCCCCCNc1ccc(OCC(=O)OC)cc1. The first kappa shape index (κ1) is 15.3. The zero-order chi connectivity index (χ0) is 13.9. The summed E-state index contributed by atoms with van der Waals surface area (Å²) in [6.07, 6.45) is 5.01. The van der Waals surface area contributed by atoms with E-state index in [2.05, 4.69) is 17.0 Å². The van der Waals surface area contributed by atoms with Gasteiger partial charge in [-0.1, -0.05) is 26.2 Å². The lowest BCUT2D eigenvalue weighted by Gasteiger charge is -2.08. The largest absolute Gasteiger partial charge is 0.482 e. The van der Waals surface area contributed by atoms with Crippen LogP contribution in [0.25, 0.3) is 0 Å². The Kier molecular flexibility index (Phi) is 7.47. The van der Waals surface area contributed by atoms with Crippen LogP contribution in [0.2, 0.25) is 0 Å². The van der Waals surface area contributed by atoms with Crippen LogP contribution < -0.4 is 10.1 Å². The molecule has 106 valence electrons. The average molecular weight is 265 g/mol. The standard InChI is InChI=1S/C15H23NO3/c1-3-4-5-6-11-16-13-7-9-14(10-8-13)19-12-15(17)18-2/h7-10,16H,3-6,11-12H2,1-2H3. The van der Waals surface area contributed by atoms with Gasteiger partial charge >= 0.3 is 5.97 Å². The molecule has 0 spiro atoms. The van der Waals surface area contributed by atoms with E-state index in [0.29, 0.717) is 5.75 Å². The molecule has 4 nitrogen and oxygen atoms in total. The molecule has 1 aromatic carbocycles. The predicted octanol–water partition coefficient (Wildman–Crippen LogP) is 3.23. The highest BCUT2D eigenvalue weighted by atomic mass is 16.6. The van der Waals surface area contributed by atoms with Crippen molar-refractivity contribution < 1.29 is 14.3 Å². The number of nitrogens with one attached hydrogen (secondary N) is 1. The third-order valence-corrected chi connectivity index (χ3v) is 2.80. The molecule has 0 amide bonds. The van der Waals surface area contributed by atoms with Crippen molar-refractivity contribution in [3.8, 4) is 5.75 Å². The lowest BCUT2D eigenvalue weighted by atomic mass is 10.2. The highest BCUT2D eigenvalue weighted by Crippen LogP contribution is 2.15. The van der Waals surface area contributed by atoms with Crippen LogP contribution >= 0.6 is 0 Å². The number of ether oxygens (including phenoxy) is 2. The number of carbonyl (C=O) groups excluding carboxylic acids is 1. The zero-order valence-corrected chi connectivity index (χ0v) is 11.8. The van der Waals surface area contributed by atoms with Gasteiger partial charge < -0.3 is 14.8 Å². The second kappa shape index (κ2) is 9.25. The van der Waals surface area contributed by atoms with Gasteiger partial charge in [0.25, 0.3) is 0 Å². The van der Waals surface area contributed by atoms with Crippen LogP contribution in [0.4, 0.5) is 5.69 Å². The summed E-state index contributed by atoms with van der Waals surface area (Å²) in [5.41, 5.74) is 1.07. The lowest BCUT2D eigenvalue weighted by Crippen LogP contribution is -2.12. The van der Waals surface area contributed by atoms with E-state index < -0.39 is 0 Å². The molecule has 0 atom stereocenters. The van der Waals surface area contributed by atoms with Crippen LogP contribution in [0.1, 0.15) is 32.6 Å². The zero-order valence-electron chi connectivity index (χ0n) is 11.8. The van der Waals surface area contributed by atoms with Gasteiger partial charge in [-0.25, -0.2) is 4.79 Å². The second-order valence-electron chi connectivity index (χ2n) is 4.38. The normalized spacial score (nSPS) is 10.0. The monoisotopic (exact) mass is 265 g/mol. The van der Waals surface area contributed by atoms with Gasteiger partial charge in [0.2, 0.25) is 0 Å². The first-order valence-corrected chi connectivity index (χ1v) is 6.79. The van der Waals surface area contributed by atoms with Crippen molar-refractivity contribution in [2.45, 2.75) is 32.6 Å². The van der Waals surface area contributed by atoms with Crippen LogP contribution in [-0.4, -0.2) is 26.2 Å². The van der Waals surface area contributed by atoms with Crippen LogP contribution in [-0.2, 0) is 9.53 Å². The molecule has 0 aliphatic rings. The van der Waals surface area contributed by atoms with Crippen molar-refractivity contribution in [1.82, 2.24) is 0 Å². The van der Waals surface area contributed by atoms with E-state index in [1.54, 1.807) is 0 Å². The molecule has 1 N–H and O–H groups in total. The molecule has 0 aromatic heterocycles. The Bertz CT molecular complexity index is 362. The number of methoxy groups -OCH3 is 1. The number of hydrogen-bond acceptors (Lipinski definition) is 4. The minimum atomic E-state index is -0.377. The molecular weight excluding hydrogens is 242 g/mol. The fourth-order valence-corrected chi connectivity index (χ4v) is 1.65. The van der Waals surface area contributed by atoms with E-state index in [9.17, 15) is 4.79 Å². The Morgan fingerprint density at radius 3 is 2.53 bits per heavy atom. The fourth-order valence-electron chi connectivity index (χ4n) is 1.65. The van der Waals surface area contributed by atoms with Crippen molar-refractivity contribution in [3.05, 3.63) is 24.3 Å². The minimum absolute atomic E-state index is 0.0553. The second-order valence-corrected chi connectivity index (χ2v) is 4.38. The first-order chi connectivity index (χ1) is 9.26. The van der Waals surface area contributed by atoms with E-state index >= 15 is 0 Å². The summed E-state index contributed by atoms with van der Waals surface area (Å²) in [7, 11) is 1.34. The van der Waals surface area contributed by atoms with Crippen molar-refractivity contribution in [3.63, 3.8) is 0 Å². The Hall–Kier alpha value is -1.71. The molecule has 1 rings (SSSR count). The van der Waals surface area contributed by atoms with Crippen molar-refractivity contribution in [1.29, 1.82) is 0 Å². The summed E-state index contributed by atoms with van der Waals surface area (Å²) in [5.74, 6) is 0.292. The average Bonchev–Trinajstić information content (AvgIpc) is 2.45. The fraction of sp³-hybridized carbons (Fsp3) is 0.533. The van der Waals surface area contributed by atoms with Gasteiger partial charge in [0.1, 0.15) is 5.75 Å². The van der Waals surface area contributed by atoms with Gasteiger partial charge in [0.15, 0.2) is 6.61 Å². The van der Waals surface area contributed by atoms with Gasteiger partial charge in [-0.15, -0.1) is 0 Å². The molecule has 0 aliphatic carbocycles. The van der Waals surface area contributed by atoms with Gasteiger partial charge in [0, 0.05) is 12.2 Å². The van der Waals surface area contributed by atoms with Gasteiger partial charge in [-0.2, -0.15) is 0 Å². The first-order valence-electron chi connectivity index (χ1n) is 6.79. The third kappa shape index (κ3) is 6.70.